The van der Waals surface area contributed by atoms with Crippen LogP contribution in [0.25, 0.3) is 0 Å². The lowest BCUT2D eigenvalue weighted by atomic mass is 10.2. The van der Waals surface area contributed by atoms with Crippen LogP contribution in [-0.4, -0.2) is 63.3 Å². The first kappa shape index (κ1) is 22.7. The molecule has 0 atom stereocenters. The van der Waals surface area contributed by atoms with Crippen LogP contribution in [-0.2, 0) is 11.2 Å². The second kappa shape index (κ2) is 10.4. The van der Waals surface area contributed by atoms with Crippen molar-refractivity contribution in [1.29, 1.82) is 0 Å². The highest BCUT2D eigenvalue weighted by molar-refractivity contribution is 7.13. The van der Waals surface area contributed by atoms with Crippen LogP contribution in [0.2, 0.25) is 0 Å². The molecular formula is C24H28N4O4S. The Hall–Kier alpha value is -3.46. The molecule has 0 radical (unpaired) electrons. The van der Waals surface area contributed by atoms with Crippen LogP contribution in [0, 0.1) is 0 Å². The average molecular weight is 469 g/mol. The summed E-state index contributed by atoms with van der Waals surface area (Å²) in [6.45, 7) is 2.89. The number of piperazine rings is 1. The van der Waals surface area contributed by atoms with Crippen molar-refractivity contribution in [2.24, 2.45) is 0 Å². The smallest absolute Gasteiger partial charge is 0.228 e. The Labute approximate surface area is 197 Å². The number of carbonyl (C=O) groups excluding carboxylic acids is 1. The van der Waals surface area contributed by atoms with Gasteiger partial charge in [-0.2, -0.15) is 0 Å². The predicted octanol–water partition coefficient (Wildman–Crippen LogP) is 3.80. The van der Waals surface area contributed by atoms with E-state index in [4.69, 9.17) is 14.2 Å². The number of aromatic nitrogens is 1. The maximum atomic E-state index is 12.9. The van der Waals surface area contributed by atoms with Gasteiger partial charge in [0.15, 0.2) is 5.13 Å². The molecule has 4 rings (SSSR count). The molecule has 3 aromatic rings. The number of thiazole rings is 1. The topological polar surface area (TPSA) is 76.2 Å². The number of para-hydroxylation sites is 2. The van der Waals surface area contributed by atoms with Crippen LogP contribution in [0.3, 0.4) is 0 Å². The van der Waals surface area contributed by atoms with E-state index in [9.17, 15) is 4.79 Å². The Morgan fingerprint density at radius 3 is 2.48 bits per heavy atom. The first-order chi connectivity index (χ1) is 16.1. The maximum Gasteiger partial charge on any atom is 0.228 e. The molecule has 1 fully saturated rings. The summed E-state index contributed by atoms with van der Waals surface area (Å²) in [6, 6.07) is 13.5. The Kier molecular flexibility index (Phi) is 7.19. The van der Waals surface area contributed by atoms with E-state index in [2.05, 4.69) is 21.3 Å². The zero-order valence-corrected chi connectivity index (χ0v) is 19.9. The lowest BCUT2D eigenvalue weighted by Gasteiger charge is -2.36. The van der Waals surface area contributed by atoms with Gasteiger partial charge in [0.1, 0.15) is 17.2 Å². The Balaban J connectivity index is 1.34. The number of hydrogen-bond donors (Lipinski definition) is 1. The van der Waals surface area contributed by atoms with E-state index in [1.165, 1.54) is 11.3 Å². The van der Waals surface area contributed by atoms with Crippen molar-refractivity contribution >= 4 is 33.8 Å². The van der Waals surface area contributed by atoms with Gasteiger partial charge < -0.3 is 29.3 Å². The van der Waals surface area contributed by atoms with Crippen LogP contribution in [0.1, 0.15) is 5.69 Å². The Morgan fingerprint density at radius 1 is 1.00 bits per heavy atom. The molecule has 1 aromatic heterocycles. The van der Waals surface area contributed by atoms with E-state index < -0.39 is 0 Å². The van der Waals surface area contributed by atoms with Crippen molar-refractivity contribution in [2.45, 2.75) is 6.42 Å². The molecule has 0 spiro atoms. The van der Waals surface area contributed by atoms with Gasteiger partial charge in [-0.05, 0) is 24.3 Å². The van der Waals surface area contributed by atoms with E-state index in [0.29, 0.717) is 24.0 Å². The minimum absolute atomic E-state index is 0.0884. The van der Waals surface area contributed by atoms with Gasteiger partial charge in [0.2, 0.25) is 5.91 Å². The Morgan fingerprint density at radius 2 is 1.76 bits per heavy atom. The van der Waals surface area contributed by atoms with E-state index in [1.807, 2.05) is 46.7 Å². The maximum absolute atomic E-state index is 12.9. The highest BCUT2D eigenvalue weighted by Crippen LogP contribution is 2.33. The summed E-state index contributed by atoms with van der Waals surface area (Å²) in [7, 11) is 4.92. The summed E-state index contributed by atoms with van der Waals surface area (Å²) >= 11 is 1.46. The van der Waals surface area contributed by atoms with Gasteiger partial charge in [-0.15, -0.1) is 11.3 Å². The number of nitrogens with one attached hydrogen (secondary N) is 1. The van der Waals surface area contributed by atoms with Gasteiger partial charge in [0.05, 0.1) is 44.8 Å². The zero-order chi connectivity index (χ0) is 23.2. The molecular weight excluding hydrogens is 440 g/mol. The van der Waals surface area contributed by atoms with Crippen molar-refractivity contribution in [3.8, 4) is 17.2 Å². The molecule has 1 aliphatic rings. The summed E-state index contributed by atoms with van der Waals surface area (Å²) in [5, 5.41) is 5.88. The largest absolute Gasteiger partial charge is 0.497 e. The van der Waals surface area contributed by atoms with Crippen molar-refractivity contribution in [2.75, 3.05) is 57.7 Å². The predicted molar refractivity (Wildman–Crippen MR) is 130 cm³/mol. The molecule has 0 aliphatic carbocycles. The molecule has 0 bridgehead atoms. The summed E-state index contributed by atoms with van der Waals surface area (Å²) in [4.78, 5) is 21.6. The molecule has 174 valence electrons. The number of hydrogen-bond acceptors (Lipinski definition) is 8. The normalized spacial score (nSPS) is 13.5. The number of anilines is 3. The van der Waals surface area contributed by atoms with Crippen molar-refractivity contribution in [1.82, 2.24) is 9.88 Å². The van der Waals surface area contributed by atoms with Gasteiger partial charge in [0.25, 0.3) is 0 Å². The SMILES string of the molecule is COc1ccc(OC)c(Nc2nc(CC(=O)N3CCN(c4ccccc4OC)CC3)cs2)c1. The van der Waals surface area contributed by atoms with Gasteiger partial charge in [-0.25, -0.2) is 4.98 Å². The zero-order valence-electron chi connectivity index (χ0n) is 19.0. The fourth-order valence-corrected chi connectivity index (χ4v) is 4.55. The molecule has 0 unspecified atom stereocenters. The second-order valence-corrected chi connectivity index (χ2v) is 8.41. The highest BCUT2D eigenvalue weighted by atomic mass is 32.1. The number of nitrogens with zero attached hydrogens (tertiary/aromatic N) is 3. The van der Waals surface area contributed by atoms with E-state index >= 15 is 0 Å². The molecule has 33 heavy (non-hydrogen) atoms. The van der Waals surface area contributed by atoms with Crippen LogP contribution in [0.15, 0.2) is 47.8 Å². The van der Waals surface area contributed by atoms with Gasteiger partial charge >= 0.3 is 0 Å². The molecule has 2 heterocycles. The third-order valence-electron chi connectivity index (χ3n) is 5.59. The quantitative estimate of drug-likeness (QED) is 0.539. The molecule has 0 saturated carbocycles. The highest BCUT2D eigenvalue weighted by Gasteiger charge is 2.23. The Bertz CT molecular complexity index is 1100. The third-order valence-corrected chi connectivity index (χ3v) is 6.40. The van der Waals surface area contributed by atoms with Gasteiger partial charge in [0, 0.05) is 37.6 Å². The second-order valence-electron chi connectivity index (χ2n) is 7.55. The van der Waals surface area contributed by atoms with Crippen molar-refractivity contribution < 1.29 is 19.0 Å². The minimum Gasteiger partial charge on any atom is -0.497 e. The summed E-state index contributed by atoms with van der Waals surface area (Å²) in [5.41, 5.74) is 2.58. The van der Waals surface area contributed by atoms with Crippen molar-refractivity contribution in [3.05, 3.63) is 53.5 Å². The number of benzene rings is 2. The fraction of sp³-hybridized carbons (Fsp3) is 0.333. The molecule has 1 saturated heterocycles. The average Bonchev–Trinajstić information content (AvgIpc) is 3.30. The van der Waals surface area contributed by atoms with Gasteiger partial charge in [-0.3, -0.25) is 4.79 Å². The lowest BCUT2D eigenvalue weighted by Crippen LogP contribution is -2.49. The van der Waals surface area contributed by atoms with E-state index in [-0.39, 0.29) is 12.3 Å². The number of methoxy groups -OCH3 is 3. The summed E-state index contributed by atoms with van der Waals surface area (Å²) < 4.78 is 16.2. The molecule has 1 amide bonds. The third kappa shape index (κ3) is 5.31. The van der Waals surface area contributed by atoms with Crippen LogP contribution in [0.5, 0.6) is 17.2 Å². The molecule has 2 aromatic carbocycles. The van der Waals surface area contributed by atoms with Gasteiger partial charge in [-0.1, -0.05) is 12.1 Å². The minimum atomic E-state index is 0.0884. The number of ether oxygens (including phenoxy) is 3. The van der Waals surface area contributed by atoms with E-state index in [1.54, 1.807) is 21.3 Å². The number of amides is 1. The number of rotatable bonds is 8. The lowest BCUT2D eigenvalue weighted by molar-refractivity contribution is -0.130. The molecule has 1 aliphatic heterocycles. The summed E-state index contributed by atoms with van der Waals surface area (Å²) in [5.74, 6) is 2.35. The first-order valence-electron chi connectivity index (χ1n) is 10.7. The van der Waals surface area contributed by atoms with E-state index in [0.717, 1.165) is 41.7 Å². The van der Waals surface area contributed by atoms with Crippen LogP contribution < -0.4 is 24.4 Å². The molecule has 8 nitrogen and oxygen atoms in total. The van der Waals surface area contributed by atoms with Crippen molar-refractivity contribution in [3.63, 3.8) is 0 Å². The fourth-order valence-electron chi connectivity index (χ4n) is 3.83. The first-order valence-corrected chi connectivity index (χ1v) is 11.6. The standard InChI is InChI=1S/C24H28N4O4S/c1-30-18-8-9-21(31-2)19(15-18)26-24-25-17(16-33-24)14-23(29)28-12-10-27(11-13-28)20-6-4-5-7-22(20)32-3/h4-9,15-16H,10-14H2,1-3H3,(H,25,26). The number of carbonyl (C=O) groups is 1. The summed E-state index contributed by atoms with van der Waals surface area (Å²) in [6.07, 6.45) is 0.280. The van der Waals surface area contributed by atoms with Crippen LogP contribution >= 0.6 is 11.3 Å². The molecule has 9 heteroatoms. The van der Waals surface area contributed by atoms with Crippen LogP contribution in [0.4, 0.5) is 16.5 Å². The molecule has 1 N–H and O–H groups in total. The monoisotopic (exact) mass is 468 g/mol.